The van der Waals surface area contributed by atoms with Gasteiger partial charge in [-0.25, -0.2) is 4.79 Å². The number of urea groups is 1. The lowest BCUT2D eigenvalue weighted by molar-refractivity contribution is -0.857. The molecule has 2 rings (SSSR count). The number of ether oxygens (including phenoxy) is 1. The SMILES string of the molecule is CCOc1ccc([C@@]2(C)NC(=O)N(CC[NH+](C)C)C2=O)cc1. The van der Waals surface area contributed by atoms with Gasteiger partial charge in [0.2, 0.25) is 0 Å². The minimum Gasteiger partial charge on any atom is -0.494 e. The van der Waals surface area contributed by atoms with Gasteiger partial charge in [-0.3, -0.25) is 9.69 Å². The number of carbonyl (C=O) groups excluding carboxylic acids is 2. The van der Waals surface area contributed by atoms with E-state index in [0.717, 1.165) is 17.9 Å². The van der Waals surface area contributed by atoms with Crippen molar-refractivity contribution >= 4 is 11.9 Å². The second kappa shape index (κ2) is 6.36. The molecule has 1 aromatic rings. The maximum absolute atomic E-state index is 12.7. The van der Waals surface area contributed by atoms with Crippen LogP contribution in [0.5, 0.6) is 5.75 Å². The van der Waals surface area contributed by atoms with E-state index in [4.69, 9.17) is 4.74 Å². The Bertz CT molecular complexity index is 556. The summed E-state index contributed by atoms with van der Waals surface area (Å²) < 4.78 is 5.40. The average molecular weight is 306 g/mol. The number of hydrogen-bond donors (Lipinski definition) is 2. The third kappa shape index (κ3) is 3.06. The lowest BCUT2D eigenvalue weighted by Gasteiger charge is -2.22. The quantitative estimate of drug-likeness (QED) is 0.727. The molecule has 2 N–H and O–H groups in total. The number of quaternary nitrogens is 1. The van der Waals surface area contributed by atoms with Crippen molar-refractivity contribution in [3.63, 3.8) is 0 Å². The number of imide groups is 1. The van der Waals surface area contributed by atoms with Crippen LogP contribution in [0.15, 0.2) is 24.3 Å². The number of amides is 3. The van der Waals surface area contributed by atoms with Crippen molar-refractivity contribution in [1.29, 1.82) is 0 Å². The van der Waals surface area contributed by atoms with E-state index < -0.39 is 5.54 Å². The molecule has 1 heterocycles. The van der Waals surface area contributed by atoms with Crippen molar-refractivity contribution in [2.24, 2.45) is 0 Å². The van der Waals surface area contributed by atoms with Crippen LogP contribution in [0.4, 0.5) is 4.79 Å². The Morgan fingerprint density at radius 3 is 2.41 bits per heavy atom. The van der Waals surface area contributed by atoms with Gasteiger partial charge >= 0.3 is 6.03 Å². The van der Waals surface area contributed by atoms with Gasteiger partial charge in [-0.2, -0.15) is 0 Å². The highest BCUT2D eigenvalue weighted by molar-refractivity contribution is 6.07. The molecule has 0 bridgehead atoms. The average Bonchev–Trinajstić information content (AvgIpc) is 2.69. The summed E-state index contributed by atoms with van der Waals surface area (Å²) in [5.41, 5.74) is -0.252. The fraction of sp³-hybridized carbons (Fsp3) is 0.500. The summed E-state index contributed by atoms with van der Waals surface area (Å²) >= 11 is 0. The Hall–Kier alpha value is -2.08. The van der Waals surface area contributed by atoms with E-state index in [9.17, 15) is 9.59 Å². The van der Waals surface area contributed by atoms with E-state index in [-0.39, 0.29) is 11.9 Å². The molecule has 1 fully saturated rings. The van der Waals surface area contributed by atoms with Crippen molar-refractivity contribution < 1.29 is 19.2 Å². The predicted molar refractivity (Wildman–Crippen MR) is 82.9 cm³/mol. The number of carbonyl (C=O) groups is 2. The minimum atomic E-state index is -1.01. The van der Waals surface area contributed by atoms with Crippen LogP contribution in [0, 0.1) is 0 Å². The first-order valence-electron chi connectivity index (χ1n) is 7.55. The topological polar surface area (TPSA) is 63.1 Å². The maximum atomic E-state index is 12.7. The van der Waals surface area contributed by atoms with Crippen molar-refractivity contribution in [3.8, 4) is 5.75 Å². The van der Waals surface area contributed by atoms with Crippen LogP contribution in [-0.4, -0.2) is 50.6 Å². The molecule has 6 heteroatoms. The highest BCUT2D eigenvalue weighted by atomic mass is 16.5. The number of benzene rings is 1. The molecule has 22 heavy (non-hydrogen) atoms. The Morgan fingerprint density at radius 1 is 1.23 bits per heavy atom. The van der Waals surface area contributed by atoms with Gasteiger partial charge in [0.15, 0.2) is 0 Å². The van der Waals surface area contributed by atoms with Gasteiger partial charge in [0.1, 0.15) is 11.3 Å². The lowest BCUT2D eigenvalue weighted by atomic mass is 9.92. The third-order valence-corrected chi connectivity index (χ3v) is 3.85. The van der Waals surface area contributed by atoms with E-state index in [1.807, 2.05) is 45.3 Å². The first kappa shape index (κ1) is 16.3. The largest absolute Gasteiger partial charge is 0.494 e. The van der Waals surface area contributed by atoms with Gasteiger partial charge in [-0.05, 0) is 31.5 Å². The van der Waals surface area contributed by atoms with Crippen molar-refractivity contribution in [1.82, 2.24) is 10.2 Å². The van der Waals surface area contributed by atoms with E-state index in [1.165, 1.54) is 9.80 Å². The lowest BCUT2D eigenvalue weighted by Crippen LogP contribution is -3.06. The fourth-order valence-electron chi connectivity index (χ4n) is 2.48. The zero-order chi connectivity index (χ0) is 16.3. The highest BCUT2D eigenvalue weighted by Crippen LogP contribution is 2.29. The zero-order valence-electron chi connectivity index (χ0n) is 13.6. The summed E-state index contributed by atoms with van der Waals surface area (Å²) in [6.07, 6.45) is 0. The Kier molecular flexibility index (Phi) is 4.71. The molecular formula is C16H24N3O3+. The normalized spacial score (nSPS) is 21.4. The molecule has 0 aliphatic carbocycles. The zero-order valence-corrected chi connectivity index (χ0v) is 13.6. The van der Waals surface area contributed by atoms with E-state index in [1.54, 1.807) is 6.92 Å². The van der Waals surface area contributed by atoms with E-state index >= 15 is 0 Å². The molecule has 1 aromatic carbocycles. The Morgan fingerprint density at radius 2 is 1.86 bits per heavy atom. The van der Waals surface area contributed by atoms with Crippen molar-refractivity contribution in [2.45, 2.75) is 19.4 Å². The molecule has 0 aromatic heterocycles. The number of nitrogens with one attached hydrogen (secondary N) is 2. The molecule has 1 aliphatic heterocycles. The smallest absolute Gasteiger partial charge is 0.325 e. The first-order valence-corrected chi connectivity index (χ1v) is 7.55. The molecule has 3 amide bonds. The first-order chi connectivity index (χ1) is 10.4. The van der Waals surface area contributed by atoms with E-state index in [0.29, 0.717) is 13.2 Å². The van der Waals surface area contributed by atoms with E-state index in [2.05, 4.69) is 5.32 Å². The predicted octanol–water partition coefficient (Wildman–Crippen LogP) is -0.00320. The van der Waals surface area contributed by atoms with Crippen LogP contribution in [0.25, 0.3) is 0 Å². The molecule has 0 unspecified atom stereocenters. The number of hydrogen-bond acceptors (Lipinski definition) is 3. The summed E-state index contributed by atoms with van der Waals surface area (Å²) in [5, 5.41) is 2.81. The standard InChI is InChI=1S/C16H23N3O3/c1-5-22-13-8-6-12(7-9-13)16(2)14(20)19(15(21)17-16)11-10-18(3)4/h6-9H,5,10-11H2,1-4H3,(H,17,21)/p+1/t16-/m1/s1. The Balaban J connectivity index is 2.19. The van der Waals surface area contributed by atoms with Crippen LogP contribution in [0.2, 0.25) is 0 Å². The summed E-state index contributed by atoms with van der Waals surface area (Å²) in [6, 6.07) is 6.95. The van der Waals surface area contributed by atoms with Gasteiger partial charge in [-0.15, -0.1) is 0 Å². The summed E-state index contributed by atoms with van der Waals surface area (Å²) in [6.45, 7) is 5.39. The van der Waals surface area contributed by atoms with Crippen molar-refractivity contribution in [3.05, 3.63) is 29.8 Å². The van der Waals surface area contributed by atoms with Gasteiger partial charge < -0.3 is 15.0 Å². The van der Waals surface area contributed by atoms with Crippen LogP contribution < -0.4 is 15.0 Å². The van der Waals surface area contributed by atoms with Gasteiger partial charge in [0.25, 0.3) is 5.91 Å². The maximum Gasteiger partial charge on any atom is 0.325 e. The minimum absolute atomic E-state index is 0.206. The molecule has 0 radical (unpaired) electrons. The van der Waals surface area contributed by atoms with Crippen molar-refractivity contribution in [2.75, 3.05) is 33.8 Å². The molecule has 6 nitrogen and oxygen atoms in total. The van der Waals surface area contributed by atoms with Gasteiger partial charge in [-0.1, -0.05) is 12.1 Å². The molecule has 1 aliphatic rings. The second-order valence-corrected chi connectivity index (χ2v) is 5.93. The molecule has 120 valence electrons. The summed E-state index contributed by atoms with van der Waals surface area (Å²) in [5.74, 6) is 0.544. The van der Waals surface area contributed by atoms with Crippen LogP contribution in [0.1, 0.15) is 19.4 Å². The molecular weight excluding hydrogens is 282 g/mol. The molecule has 0 spiro atoms. The van der Waals surface area contributed by atoms with Crippen LogP contribution in [0.3, 0.4) is 0 Å². The summed E-state index contributed by atoms with van der Waals surface area (Å²) in [7, 11) is 3.98. The van der Waals surface area contributed by atoms with Gasteiger partial charge in [0.05, 0.1) is 33.8 Å². The summed E-state index contributed by atoms with van der Waals surface area (Å²) in [4.78, 5) is 27.3. The second-order valence-electron chi connectivity index (χ2n) is 5.93. The third-order valence-electron chi connectivity index (χ3n) is 3.85. The molecule has 1 atom stereocenters. The fourth-order valence-corrected chi connectivity index (χ4v) is 2.48. The Labute approximate surface area is 131 Å². The van der Waals surface area contributed by atoms with Gasteiger partial charge in [0, 0.05) is 0 Å². The number of nitrogens with zero attached hydrogens (tertiary/aromatic N) is 1. The van der Waals surface area contributed by atoms with Crippen LogP contribution in [-0.2, 0) is 10.3 Å². The highest BCUT2D eigenvalue weighted by Gasteiger charge is 2.48. The molecule has 1 saturated heterocycles. The monoisotopic (exact) mass is 306 g/mol. The molecule has 0 saturated carbocycles. The number of rotatable bonds is 6. The van der Waals surface area contributed by atoms with Crippen LogP contribution >= 0.6 is 0 Å². The number of likely N-dealkylation sites (N-methyl/N-ethyl adjacent to an activating group) is 1.